The molecule has 2 heterocycles. The van der Waals surface area contributed by atoms with Gasteiger partial charge in [0.1, 0.15) is 0 Å². The van der Waals surface area contributed by atoms with E-state index < -0.39 is 0 Å². The SMILES string of the molecule is Cc1ncccc1C(=O)NC1CCCNC1C.Cl.Cl. The van der Waals surface area contributed by atoms with E-state index in [2.05, 4.69) is 22.5 Å². The molecule has 1 aliphatic rings. The van der Waals surface area contributed by atoms with E-state index in [0.29, 0.717) is 11.6 Å². The van der Waals surface area contributed by atoms with Crippen molar-refractivity contribution in [2.75, 3.05) is 6.54 Å². The molecule has 2 rings (SSSR count). The van der Waals surface area contributed by atoms with Crippen LogP contribution in [-0.4, -0.2) is 29.5 Å². The molecule has 4 nitrogen and oxygen atoms in total. The van der Waals surface area contributed by atoms with E-state index in [1.807, 2.05) is 13.0 Å². The zero-order chi connectivity index (χ0) is 12.3. The van der Waals surface area contributed by atoms with Gasteiger partial charge in [0, 0.05) is 24.0 Å². The molecular formula is C13H21Cl2N3O. The summed E-state index contributed by atoms with van der Waals surface area (Å²) in [6.07, 6.45) is 3.86. The molecule has 108 valence electrons. The Hall–Kier alpha value is -0.840. The van der Waals surface area contributed by atoms with Gasteiger partial charge in [0.05, 0.1) is 5.56 Å². The fourth-order valence-corrected chi connectivity index (χ4v) is 2.21. The number of halogens is 2. The van der Waals surface area contributed by atoms with E-state index in [-0.39, 0.29) is 36.8 Å². The summed E-state index contributed by atoms with van der Waals surface area (Å²) in [7, 11) is 0. The molecule has 1 aliphatic heterocycles. The fourth-order valence-electron chi connectivity index (χ4n) is 2.21. The molecule has 0 aliphatic carbocycles. The van der Waals surface area contributed by atoms with Crippen molar-refractivity contribution in [3.63, 3.8) is 0 Å². The normalized spacial score (nSPS) is 21.8. The van der Waals surface area contributed by atoms with Gasteiger partial charge in [-0.05, 0) is 45.4 Å². The second-order valence-corrected chi connectivity index (χ2v) is 4.60. The number of aryl methyl sites for hydroxylation is 1. The van der Waals surface area contributed by atoms with Gasteiger partial charge in [-0.1, -0.05) is 0 Å². The fraction of sp³-hybridized carbons (Fsp3) is 0.538. The summed E-state index contributed by atoms with van der Waals surface area (Å²) in [5, 5.41) is 6.46. The van der Waals surface area contributed by atoms with Gasteiger partial charge in [-0.3, -0.25) is 9.78 Å². The summed E-state index contributed by atoms with van der Waals surface area (Å²) < 4.78 is 0. The standard InChI is InChI=1S/C13H19N3O.2ClH/c1-9-11(5-3-7-14-9)13(17)16-12-6-4-8-15-10(12)2;;/h3,5,7,10,12,15H,4,6,8H2,1-2H3,(H,16,17);2*1H. The molecule has 2 atom stereocenters. The Morgan fingerprint density at radius 2 is 2.21 bits per heavy atom. The molecule has 0 radical (unpaired) electrons. The molecule has 1 fully saturated rings. The molecule has 2 unspecified atom stereocenters. The average molecular weight is 306 g/mol. The van der Waals surface area contributed by atoms with Crippen molar-refractivity contribution < 1.29 is 4.79 Å². The van der Waals surface area contributed by atoms with Crippen LogP contribution >= 0.6 is 24.8 Å². The predicted octanol–water partition coefficient (Wildman–Crippen LogP) is 2.10. The minimum Gasteiger partial charge on any atom is -0.348 e. The topological polar surface area (TPSA) is 54.0 Å². The minimum atomic E-state index is -0.0175. The van der Waals surface area contributed by atoms with E-state index in [4.69, 9.17) is 0 Å². The summed E-state index contributed by atoms with van der Waals surface area (Å²) in [6, 6.07) is 4.17. The Morgan fingerprint density at radius 3 is 2.84 bits per heavy atom. The van der Waals surface area contributed by atoms with Crippen LogP contribution in [0.25, 0.3) is 0 Å². The Labute approximate surface area is 126 Å². The number of carbonyl (C=O) groups is 1. The van der Waals surface area contributed by atoms with E-state index in [1.54, 1.807) is 12.3 Å². The number of nitrogens with one attached hydrogen (secondary N) is 2. The number of hydrogen-bond donors (Lipinski definition) is 2. The summed E-state index contributed by atoms with van der Waals surface area (Å²) in [6.45, 7) is 5.01. The van der Waals surface area contributed by atoms with Gasteiger partial charge in [-0.15, -0.1) is 24.8 Å². The third kappa shape index (κ3) is 4.64. The van der Waals surface area contributed by atoms with Crippen molar-refractivity contribution in [1.29, 1.82) is 0 Å². The highest BCUT2D eigenvalue weighted by atomic mass is 35.5. The van der Waals surface area contributed by atoms with Crippen molar-refractivity contribution in [2.24, 2.45) is 0 Å². The first-order valence-electron chi connectivity index (χ1n) is 6.14. The molecule has 0 bridgehead atoms. The van der Waals surface area contributed by atoms with Crippen molar-refractivity contribution in [1.82, 2.24) is 15.6 Å². The number of rotatable bonds is 2. The Bertz CT molecular complexity index is 415. The number of amides is 1. The van der Waals surface area contributed by atoms with Crippen LogP contribution in [0.2, 0.25) is 0 Å². The summed E-state index contributed by atoms with van der Waals surface area (Å²) in [5.41, 5.74) is 1.45. The van der Waals surface area contributed by atoms with Crippen LogP contribution in [0.4, 0.5) is 0 Å². The van der Waals surface area contributed by atoms with Gasteiger partial charge in [0.2, 0.25) is 0 Å². The predicted molar refractivity (Wildman–Crippen MR) is 81.4 cm³/mol. The smallest absolute Gasteiger partial charge is 0.253 e. The monoisotopic (exact) mass is 305 g/mol. The summed E-state index contributed by atoms with van der Waals surface area (Å²) >= 11 is 0. The van der Waals surface area contributed by atoms with Crippen molar-refractivity contribution in [2.45, 2.75) is 38.8 Å². The van der Waals surface area contributed by atoms with Gasteiger partial charge in [-0.25, -0.2) is 0 Å². The van der Waals surface area contributed by atoms with Crippen LogP contribution in [0.3, 0.4) is 0 Å². The van der Waals surface area contributed by atoms with E-state index in [9.17, 15) is 4.79 Å². The van der Waals surface area contributed by atoms with Gasteiger partial charge in [0.25, 0.3) is 5.91 Å². The molecule has 0 aromatic carbocycles. The minimum absolute atomic E-state index is 0. The lowest BCUT2D eigenvalue weighted by Crippen LogP contribution is -2.52. The van der Waals surface area contributed by atoms with Crippen LogP contribution in [0.15, 0.2) is 18.3 Å². The molecule has 19 heavy (non-hydrogen) atoms. The van der Waals surface area contributed by atoms with E-state index in [0.717, 1.165) is 25.1 Å². The van der Waals surface area contributed by atoms with Crippen molar-refractivity contribution in [3.8, 4) is 0 Å². The summed E-state index contributed by atoms with van der Waals surface area (Å²) in [5.74, 6) is -0.0175. The zero-order valence-corrected chi connectivity index (χ0v) is 12.8. The third-order valence-electron chi connectivity index (χ3n) is 3.33. The second kappa shape index (κ2) is 8.35. The number of carbonyl (C=O) groups excluding carboxylic acids is 1. The number of hydrogen-bond acceptors (Lipinski definition) is 3. The number of pyridine rings is 1. The van der Waals surface area contributed by atoms with Crippen LogP contribution in [0.1, 0.15) is 35.8 Å². The molecule has 0 spiro atoms. The largest absolute Gasteiger partial charge is 0.348 e. The zero-order valence-electron chi connectivity index (χ0n) is 11.2. The Morgan fingerprint density at radius 1 is 1.47 bits per heavy atom. The van der Waals surface area contributed by atoms with Crippen LogP contribution < -0.4 is 10.6 Å². The maximum Gasteiger partial charge on any atom is 0.253 e. The lowest BCUT2D eigenvalue weighted by Gasteiger charge is -2.30. The quantitative estimate of drug-likeness (QED) is 0.880. The first-order chi connectivity index (χ1) is 8.18. The third-order valence-corrected chi connectivity index (χ3v) is 3.33. The Balaban J connectivity index is 0.00000162. The molecule has 1 aromatic heterocycles. The highest BCUT2D eigenvalue weighted by Gasteiger charge is 2.23. The molecule has 6 heteroatoms. The second-order valence-electron chi connectivity index (χ2n) is 4.60. The molecule has 1 aromatic rings. The van der Waals surface area contributed by atoms with Crippen LogP contribution in [-0.2, 0) is 0 Å². The molecular weight excluding hydrogens is 285 g/mol. The van der Waals surface area contributed by atoms with E-state index in [1.165, 1.54) is 0 Å². The molecule has 2 N–H and O–H groups in total. The number of nitrogens with zero attached hydrogens (tertiary/aromatic N) is 1. The highest BCUT2D eigenvalue weighted by Crippen LogP contribution is 2.10. The lowest BCUT2D eigenvalue weighted by molar-refractivity contribution is 0.0919. The first-order valence-corrected chi connectivity index (χ1v) is 6.14. The Kier molecular flexibility index (Phi) is 7.99. The van der Waals surface area contributed by atoms with E-state index >= 15 is 0 Å². The molecule has 1 amide bonds. The van der Waals surface area contributed by atoms with Crippen molar-refractivity contribution in [3.05, 3.63) is 29.6 Å². The number of piperidine rings is 1. The van der Waals surface area contributed by atoms with Gasteiger partial charge in [0.15, 0.2) is 0 Å². The van der Waals surface area contributed by atoms with Crippen molar-refractivity contribution >= 4 is 30.7 Å². The maximum absolute atomic E-state index is 12.1. The van der Waals surface area contributed by atoms with Crippen LogP contribution in [0, 0.1) is 6.92 Å². The van der Waals surface area contributed by atoms with Gasteiger partial charge >= 0.3 is 0 Å². The summed E-state index contributed by atoms with van der Waals surface area (Å²) in [4.78, 5) is 16.2. The average Bonchev–Trinajstić information content (AvgIpc) is 2.32. The lowest BCUT2D eigenvalue weighted by atomic mass is 9.99. The first kappa shape index (κ1) is 18.2. The maximum atomic E-state index is 12.1. The molecule has 0 saturated carbocycles. The van der Waals surface area contributed by atoms with Gasteiger partial charge in [-0.2, -0.15) is 0 Å². The van der Waals surface area contributed by atoms with Crippen LogP contribution in [0.5, 0.6) is 0 Å². The highest BCUT2D eigenvalue weighted by molar-refractivity contribution is 5.95. The number of aromatic nitrogens is 1. The van der Waals surface area contributed by atoms with Gasteiger partial charge < -0.3 is 10.6 Å². The molecule has 1 saturated heterocycles.